The number of carbonyl (C=O) groups excluding carboxylic acids is 2. The molecule has 3 N–H and O–H groups in total. The van der Waals surface area contributed by atoms with Crippen LogP contribution in [0.15, 0.2) is 48.5 Å². The maximum atomic E-state index is 13.3. The van der Waals surface area contributed by atoms with E-state index in [-0.39, 0.29) is 11.7 Å². The van der Waals surface area contributed by atoms with Crippen LogP contribution in [0.25, 0.3) is 0 Å². The number of rotatable bonds is 6. The molecule has 1 saturated heterocycles. The van der Waals surface area contributed by atoms with E-state index < -0.39 is 24.2 Å². The van der Waals surface area contributed by atoms with Crippen molar-refractivity contribution in [1.82, 2.24) is 5.32 Å². The summed E-state index contributed by atoms with van der Waals surface area (Å²) < 4.78 is 23.9. The van der Waals surface area contributed by atoms with Crippen LogP contribution in [0.5, 0.6) is 5.75 Å². The zero-order valence-corrected chi connectivity index (χ0v) is 14.9. The van der Waals surface area contributed by atoms with Gasteiger partial charge in [-0.2, -0.15) is 0 Å². The summed E-state index contributed by atoms with van der Waals surface area (Å²) in [5.41, 5.74) is 6.77. The predicted octanol–water partition coefficient (Wildman–Crippen LogP) is 2.07. The Bertz CT molecular complexity index is 808. The third-order valence-electron chi connectivity index (χ3n) is 4.57. The van der Waals surface area contributed by atoms with Gasteiger partial charge in [0.2, 0.25) is 11.8 Å². The van der Waals surface area contributed by atoms with Crippen molar-refractivity contribution in [2.75, 3.05) is 7.11 Å². The van der Waals surface area contributed by atoms with Gasteiger partial charge in [0.25, 0.3) is 0 Å². The lowest BCUT2D eigenvalue weighted by Gasteiger charge is -2.22. The number of methoxy groups -OCH3 is 1. The fourth-order valence-electron chi connectivity index (χ4n) is 3.09. The van der Waals surface area contributed by atoms with Gasteiger partial charge in [-0.15, -0.1) is 0 Å². The van der Waals surface area contributed by atoms with E-state index in [0.717, 1.165) is 11.1 Å². The van der Waals surface area contributed by atoms with E-state index in [4.69, 9.17) is 15.2 Å². The topological polar surface area (TPSA) is 90.6 Å². The number of amides is 2. The lowest BCUT2D eigenvalue weighted by atomic mass is 9.98. The van der Waals surface area contributed by atoms with E-state index >= 15 is 0 Å². The van der Waals surface area contributed by atoms with E-state index in [1.165, 1.54) is 12.1 Å². The Morgan fingerprint density at radius 2 is 1.63 bits per heavy atom. The van der Waals surface area contributed by atoms with Gasteiger partial charge < -0.3 is 20.5 Å². The summed E-state index contributed by atoms with van der Waals surface area (Å²) in [6.45, 7) is 0. The van der Waals surface area contributed by atoms with Gasteiger partial charge in [-0.05, 0) is 48.2 Å². The molecule has 1 unspecified atom stereocenters. The van der Waals surface area contributed by atoms with Crippen LogP contribution in [0.4, 0.5) is 4.39 Å². The molecule has 0 saturated carbocycles. The standard InChI is InChI=1S/C20H21FN2O4/c1-26-15-8-4-13(5-9-15)18(12-2-6-14(21)7-3-12)23-20(25)17-11-10-16(27-17)19(22)24/h2-9,16-18H,10-11H2,1H3,(H2,22,24)(H,23,25)/t16-,17+,18?/m1/s1. The maximum Gasteiger partial charge on any atom is 0.249 e. The Morgan fingerprint density at radius 1 is 1.07 bits per heavy atom. The monoisotopic (exact) mass is 372 g/mol. The molecule has 1 fully saturated rings. The van der Waals surface area contributed by atoms with Crippen LogP contribution in [0.1, 0.15) is 30.0 Å². The van der Waals surface area contributed by atoms with Gasteiger partial charge in [-0.3, -0.25) is 9.59 Å². The summed E-state index contributed by atoms with van der Waals surface area (Å²) in [7, 11) is 1.57. The van der Waals surface area contributed by atoms with Gasteiger partial charge >= 0.3 is 0 Å². The number of nitrogens with two attached hydrogens (primary N) is 1. The molecule has 2 amide bonds. The second-order valence-electron chi connectivity index (χ2n) is 6.36. The Labute approximate surface area is 156 Å². The molecule has 2 aromatic carbocycles. The van der Waals surface area contributed by atoms with Gasteiger partial charge in [-0.1, -0.05) is 24.3 Å². The normalized spacial score (nSPS) is 20.1. The van der Waals surface area contributed by atoms with Crippen molar-refractivity contribution in [3.05, 3.63) is 65.5 Å². The number of benzene rings is 2. The maximum absolute atomic E-state index is 13.3. The summed E-state index contributed by atoms with van der Waals surface area (Å²) in [6.07, 6.45) is -0.662. The highest BCUT2D eigenvalue weighted by Crippen LogP contribution is 2.26. The van der Waals surface area contributed by atoms with Gasteiger partial charge in [0.1, 0.15) is 23.8 Å². The quantitative estimate of drug-likeness (QED) is 0.812. The van der Waals surface area contributed by atoms with Crippen molar-refractivity contribution in [3.8, 4) is 5.75 Å². The molecule has 0 radical (unpaired) electrons. The van der Waals surface area contributed by atoms with Gasteiger partial charge in [0, 0.05) is 0 Å². The first-order valence-corrected chi connectivity index (χ1v) is 8.62. The van der Waals surface area contributed by atoms with E-state index in [9.17, 15) is 14.0 Å². The minimum atomic E-state index is -0.747. The molecule has 27 heavy (non-hydrogen) atoms. The van der Waals surface area contributed by atoms with Gasteiger partial charge in [-0.25, -0.2) is 4.39 Å². The Hall–Kier alpha value is -2.93. The van der Waals surface area contributed by atoms with E-state index in [1.807, 2.05) is 12.1 Å². The molecule has 1 heterocycles. The van der Waals surface area contributed by atoms with Crippen LogP contribution in [0.2, 0.25) is 0 Å². The van der Waals surface area contributed by atoms with Crippen LogP contribution < -0.4 is 15.8 Å². The number of carbonyl (C=O) groups is 2. The molecule has 6 nitrogen and oxygen atoms in total. The molecule has 3 rings (SSSR count). The lowest BCUT2D eigenvalue weighted by molar-refractivity contribution is -0.137. The van der Waals surface area contributed by atoms with Gasteiger partial charge in [0.15, 0.2) is 0 Å². The minimum absolute atomic E-state index is 0.344. The lowest BCUT2D eigenvalue weighted by Crippen LogP contribution is -2.39. The average Bonchev–Trinajstić information content (AvgIpc) is 3.18. The summed E-state index contributed by atoms with van der Waals surface area (Å²) in [4.78, 5) is 23.9. The highest BCUT2D eigenvalue weighted by atomic mass is 19.1. The number of hydrogen-bond donors (Lipinski definition) is 2. The molecule has 3 atom stereocenters. The van der Waals surface area contributed by atoms with Crippen LogP contribution in [-0.4, -0.2) is 31.1 Å². The third kappa shape index (κ3) is 4.43. The molecular formula is C20H21FN2O4. The number of nitrogens with one attached hydrogen (secondary N) is 1. The molecule has 0 aliphatic carbocycles. The first kappa shape index (κ1) is 18.8. The molecule has 1 aliphatic rings. The summed E-state index contributed by atoms with van der Waals surface area (Å²) in [6, 6.07) is 12.6. The Morgan fingerprint density at radius 3 is 2.15 bits per heavy atom. The van der Waals surface area contributed by atoms with E-state index in [2.05, 4.69) is 5.32 Å². The molecule has 7 heteroatoms. The molecule has 2 aromatic rings. The summed E-state index contributed by atoms with van der Waals surface area (Å²) >= 11 is 0. The number of hydrogen-bond acceptors (Lipinski definition) is 4. The molecule has 1 aliphatic heterocycles. The fourth-order valence-corrected chi connectivity index (χ4v) is 3.09. The molecule has 0 spiro atoms. The number of ether oxygens (including phenoxy) is 2. The molecule has 0 bridgehead atoms. The van der Waals surface area contributed by atoms with Crippen molar-refractivity contribution >= 4 is 11.8 Å². The Kier molecular flexibility index (Phi) is 5.71. The van der Waals surface area contributed by atoms with Crippen LogP contribution in [0.3, 0.4) is 0 Å². The van der Waals surface area contributed by atoms with E-state index in [0.29, 0.717) is 18.6 Å². The van der Waals surface area contributed by atoms with Crippen molar-refractivity contribution in [1.29, 1.82) is 0 Å². The minimum Gasteiger partial charge on any atom is -0.497 e. The third-order valence-corrected chi connectivity index (χ3v) is 4.57. The van der Waals surface area contributed by atoms with Crippen LogP contribution in [-0.2, 0) is 14.3 Å². The molecule has 0 aromatic heterocycles. The highest BCUT2D eigenvalue weighted by Gasteiger charge is 2.34. The first-order valence-electron chi connectivity index (χ1n) is 8.62. The second kappa shape index (κ2) is 8.18. The predicted molar refractivity (Wildman–Crippen MR) is 96.5 cm³/mol. The fraction of sp³-hybridized carbons (Fsp3) is 0.300. The zero-order chi connectivity index (χ0) is 19.4. The molecule has 142 valence electrons. The SMILES string of the molecule is COc1ccc(C(NC(=O)[C@@H]2CC[C@H](C(N)=O)O2)c2ccc(F)cc2)cc1. The largest absolute Gasteiger partial charge is 0.497 e. The van der Waals surface area contributed by atoms with Crippen molar-refractivity contribution < 1.29 is 23.5 Å². The van der Waals surface area contributed by atoms with Gasteiger partial charge in [0.05, 0.1) is 13.2 Å². The number of primary amides is 1. The summed E-state index contributed by atoms with van der Waals surface area (Å²) in [5.74, 6) is -0.590. The van der Waals surface area contributed by atoms with Crippen molar-refractivity contribution in [3.63, 3.8) is 0 Å². The van der Waals surface area contributed by atoms with Crippen molar-refractivity contribution in [2.45, 2.75) is 31.1 Å². The zero-order valence-electron chi connectivity index (χ0n) is 14.9. The van der Waals surface area contributed by atoms with E-state index in [1.54, 1.807) is 31.4 Å². The second-order valence-corrected chi connectivity index (χ2v) is 6.36. The number of halogens is 1. The Balaban J connectivity index is 1.82. The smallest absolute Gasteiger partial charge is 0.249 e. The summed E-state index contributed by atoms with van der Waals surface area (Å²) in [5, 5.41) is 2.93. The molecular weight excluding hydrogens is 351 g/mol. The first-order chi connectivity index (χ1) is 13.0. The van der Waals surface area contributed by atoms with Crippen molar-refractivity contribution in [2.24, 2.45) is 5.73 Å². The average molecular weight is 372 g/mol. The highest BCUT2D eigenvalue weighted by molar-refractivity contribution is 5.84. The van der Waals surface area contributed by atoms with Crippen LogP contribution in [0, 0.1) is 5.82 Å². The van der Waals surface area contributed by atoms with Crippen LogP contribution >= 0.6 is 0 Å².